The number of imidazole rings is 1. The van der Waals surface area contributed by atoms with Crippen LogP contribution in [0.25, 0.3) is 11.2 Å². The van der Waals surface area contributed by atoms with E-state index in [1.807, 2.05) is 6.07 Å². The van der Waals surface area contributed by atoms with Crippen molar-refractivity contribution < 1.29 is 23.0 Å². The summed E-state index contributed by atoms with van der Waals surface area (Å²) in [6.07, 6.45) is 1.56. The first-order chi connectivity index (χ1) is 17.4. The molecule has 0 aliphatic heterocycles. The van der Waals surface area contributed by atoms with E-state index in [4.69, 9.17) is 31.1 Å². The van der Waals surface area contributed by atoms with Crippen LogP contribution in [-0.4, -0.2) is 44.9 Å². The SMILES string of the molecule is Nc1nc2c(ncn2CCOCP(OCC(=O)c2ccc(F)cc2)OCc2cccc(Cl)c2)c(=O)[nH]1. The van der Waals surface area contributed by atoms with Crippen LogP contribution in [0.1, 0.15) is 15.9 Å². The standard InChI is InChI=1S/C23H22ClFN5O5P/c24-17-3-1-2-15(10-17)11-34-36(35-12-19(31)16-4-6-18(25)7-5-16)14-33-9-8-30-13-27-20-21(30)28-23(26)29-22(20)32/h1-7,10,13H,8-9,11-12,14H2,(H3,26,28,29,32). The molecule has 1 atom stereocenters. The molecule has 0 saturated heterocycles. The Morgan fingerprint density at radius 1 is 1.19 bits per heavy atom. The summed E-state index contributed by atoms with van der Waals surface area (Å²) in [7, 11) is -1.61. The Kier molecular flexibility index (Phi) is 8.74. The van der Waals surface area contributed by atoms with Gasteiger partial charge >= 0.3 is 0 Å². The fourth-order valence-electron chi connectivity index (χ4n) is 3.17. The maximum Gasteiger partial charge on any atom is 0.280 e. The molecule has 0 aliphatic carbocycles. The highest BCUT2D eigenvalue weighted by Gasteiger charge is 2.16. The Hall–Kier alpha value is -3.21. The first-order valence-corrected chi connectivity index (χ1v) is 12.5. The van der Waals surface area contributed by atoms with Gasteiger partial charge in [-0.25, -0.2) is 9.37 Å². The van der Waals surface area contributed by atoms with Crippen molar-refractivity contribution in [3.63, 3.8) is 0 Å². The van der Waals surface area contributed by atoms with Crippen LogP contribution in [0.4, 0.5) is 10.3 Å². The van der Waals surface area contributed by atoms with E-state index in [2.05, 4.69) is 15.0 Å². The molecule has 2 aromatic carbocycles. The summed E-state index contributed by atoms with van der Waals surface area (Å²) in [6, 6.07) is 12.4. The van der Waals surface area contributed by atoms with Crippen molar-refractivity contribution in [1.29, 1.82) is 0 Å². The van der Waals surface area contributed by atoms with Crippen molar-refractivity contribution in [2.75, 3.05) is 25.3 Å². The number of benzene rings is 2. The van der Waals surface area contributed by atoms with Crippen LogP contribution >= 0.6 is 20.0 Å². The minimum absolute atomic E-state index is 0.00711. The summed E-state index contributed by atoms with van der Waals surface area (Å²) < 4.78 is 32.1. The topological polar surface area (TPSA) is 134 Å². The number of aromatic nitrogens is 4. The van der Waals surface area contributed by atoms with Crippen LogP contribution in [0.2, 0.25) is 5.02 Å². The lowest BCUT2D eigenvalue weighted by Crippen LogP contribution is -2.13. The molecule has 36 heavy (non-hydrogen) atoms. The number of halogens is 2. The molecule has 2 aromatic heterocycles. The number of fused-ring (bicyclic) bond motifs is 1. The molecule has 0 spiro atoms. The van der Waals surface area contributed by atoms with Crippen molar-refractivity contribution in [3.05, 3.63) is 87.2 Å². The Morgan fingerprint density at radius 3 is 2.78 bits per heavy atom. The number of anilines is 1. The lowest BCUT2D eigenvalue weighted by molar-refractivity contribution is 0.0896. The molecular weight excluding hydrogens is 512 g/mol. The zero-order chi connectivity index (χ0) is 25.5. The zero-order valence-electron chi connectivity index (χ0n) is 18.9. The quantitative estimate of drug-likeness (QED) is 0.159. The Morgan fingerprint density at radius 2 is 2.00 bits per heavy atom. The first-order valence-electron chi connectivity index (χ1n) is 10.7. The van der Waals surface area contributed by atoms with Crippen LogP contribution in [-0.2, 0) is 26.9 Å². The number of aromatic amines is 1. The van der Waals surface area contributed by atoms with E-state index in [-0.39, 0.29) is 43.4 Å². The summed E-state index contributed by atoms with van der Waals surface area (Å²) in [5.74, 6) is -0.749. The van der Waals surface area contributed by atoms with E-state index in [0.717, 1.165) is 5.56 Å². The highest BCUT2D eigenvalue weighted by molar-refractivity contribution is 7.47. The molecule has 0 saturated carbocycles. The highest BCUT2D eigenvalue weighted by Crippen LogP contribution is 2.39. The summed E-state index contributed by atoms with van der Waals surface area (Å²) in [5.41, 5.74) is 6.89. The van der Waals surface area contributed by atoms with Gasteiger partial charge in [-0.2, -0.15) is 4.98 Å². The van der Waals surface area contributed by atoms with Gasteiger partial charge in [0, 0.05) is 17.1 Å². The molecule has 1 unspecified atom stereocenters. The van der Waals surface area contributed by atoms with Crippen molar-refractivity contribution in [1.82, 2.24) is 19.5 Å². The summed E-state index contributed by atoms with van der Waals surface area (Å²) in [4.78, 5) is 34.9. The first kappa shape index (κ1) is 25.9. The van der Waals surface area contributed by atoms with Crippen LogP contribution < -0.4 is 11.3 Å². The maximum atomic E-state index is 13.1. The third-order valence-corrected chi connectivity index (χ3v) is 6.40. The number of rotatable bonds is 12. The van der Waals surface area contributed by atoms with E-state index in [1.54, 1.807) is 22.8 Å². The average Bonchev–Trinajstić information content (AvgIpc) is 3.26. The van der Waals surface area contributed by atoms with E-state index in [0.29, 0.717) is 22.8 Å². The van der Waals surface area contributed by atoms with Crippen LogP contribution in [0.3, 0.4) is 0 Å². The van der Waals surface area contributed by atoms with Gasteiger partial charge in [-0.15, -0.1) is 0 Å². The van der Waals surface area contributed by atoms with Crippen molar-refractivity contribution >= 4 is 42.9 Å². The third kappa shape index (κ3) is 6.93. The van der Waals surface area contributed by atoms with Gasteiger partial charge in [-0.3, -0.25) is 14.6 Å². The van der Waals surface area contributed by atoms with E-state index < -0.39 is 19.8 Å². The number of nitrogens with zero attached hydrogens (tertiary/aromatic N) is 3. The minimum atomic E-state index is -1.61. The van der Waals surface area contributed by atoms with Crippen LogP contribution in [0, 0.1) is 5.82 Å². The van der Waals surface area contributed by atoms with Gasteiger partial charge in [0.25, 0.3) is 5.56 Å². The number of ketones is 1. The molecular formula is C23H22ClFN5O5P. The Labute approximate surface area is 211 Å². The summed E-state index contributed by atoms with van der Waals surface area (Å²) >= 11 is 6.03. The van der Waals surface area contributed by atoms with Gasteiger partial charge in [0.15, 0.2) is 25.3 Å². The van der Waals surface area contributed by atoms with E-state index in [9.17, 15) is 14.0 Å². The molecule has 10 nitrogen and oxygen atoms in total. The molecule has 0 fully saturated rings. The summed E-state index contributed by atoms with van der Waals surface area (Å²) in [5, 5.41) is 0.574. The number of hydrogen-bond acceptors (Lipinski definition) is 8. The van der Waals surface area contributed by atoms with Gasteiger partial charge in [-0.1, -0.05) is 23.7 Å². The average molecular weight is 534 g/mol. The fourth-order valence-corrected chi connectivity index (χ4v) is 4.44. The highest BCUT2D eigenvalue weighted by atomic mass is 35.5. The van der Waals surface area contributed by atoms with E-state index in [1.165, 1.54) is 30.6 Å². The number of ether oxygens (including phenoxy) is 1. The van der Waals surface area contributed by atoms with Gasteiger partial charge in [0.05, 0.1) is 19.5 Å². The number of nitrogen functional groups attached to an aromatic ring is 1. The fraction of sp³-hybridized carbons (Fsp3) is 0.217. The predicted molar refractivity (Wildman–Crippen MR) is 133 cm³/mol. The lowest BCUT2D eigenvalue weighted by Gasteiger charge is -2.18. The minimum Gasteiger partial charge on any atom is -0.370 e. The van der Waals surface area contributed by atoms with Crippen molar-refractivity contribution in [3.8, 4) is 0 Å². The maximum absolute atomic E-state index is 13.1. The Balaban J connectivity index is 1.34. The Bertz CT molecular complexity index is 1400. The molecule has 4 aromatic rings. The molecule has 0 bridgehead atoms. The predicted octanol–water partition coefficient (Wildman–Crippen LogP) is 3.90. The van der Waals surface area contributed by atoms with Gasteiger partial charge in [0.1, 0.15) is 18.8 Å². The number of nitrogens with two attached hydrogens (primary N) is 1. The van der Waals surface area contributed by atoms with Gasteiger partial charge in [0.2, 0.25) is 5.95 Å². The third-order valence-electron chi connectivity index (χ3n) is 4.94. The van der Waals surface area contributed by atoms with Crippen molar-refractivity contribution in [2.24, 2.45) is 0 Å². The zero-order valence-corrected chi connectivity index (χ0v) is 20.5. The molecule has 0 aliphatic rings. The van der Waals surface area contributed by atoms with Gasteiger partial charge in [-0.05, 0) is 42.0 Å². The van der Waals surface area contributed by atoms with Crippen LogP contribution in [0.15, 0.2) is 59.7 Å². The molecule has 3 N–H and O–H groups in total. The molecule has 0 amide bonds. The lowest BCUT2D eigenvalue weighted by atomic mass is 10.1. The number of Topliss-reactive ketones (excluding diaryl/α,β-unsaturated/α-hetero) is 1. The molecule has 2 heterocycles. The largest absolute Gasteiger partial charge is 0.370 e. The monoisotopic (exact) mass is 533 g/mol. The number of H-pyrrole nitrogens is 1. The second-order valence-electron chi connectivity index (χ2n) is 7.54. The second kappa shape index (κ2) is 12.2. The van der Waals surface area contributed by atoms with E-state index >= 15 is 0 Å². The number of carbonyl (C=O) groups is 1. The molecule has 13 heteroatoms. The molecule has 4 rings (SSSR count). The van der Waals surface area contributed by atoms with Crippen molar-refractivity contribution in [2.45, 2.75) is 13.2 Å². The number of carbonyl (C=O) groups excluding carboxylic acids is 1. The smallest absolute Gasteiger partial charge is 0.280 e. The summed E-state index contributed by atoms with van der Waals surface area (Å²) in [6.45, 7) is 0.527. The molecule has 0 radical (unpaired) electrons. The second-order valence-corrected chi connectivity index (χ2v) is 9.41. The molecule has 188 valence electrons. The van der Waals surface area contributed by atoms with Gasteiger partial charge < -0.3 is 24.1 Å². The number of hydrogen-bond donors (Lipinski definition) is 2. The number of nitrogens with one attached hydrogen (secondary N) is 1. The van der Waals surface area contributed by atoms with Crippen LogP contribution in [0.5, 0.6) is 0 Å². The normalized spacial score (nSPS) is 12.2.